The van der Waals surface area contributed by atoms with Crippen molar-refractivity contribution in [2.45, 2.75) is 44.0 Å². The van der Waals surface area contributed by atoms with E-state index in [2.05, 4.69) is 5.32 Å². The molecule has 5 nitrogen and oxygen atoms in total. The van der Waals surface area contributed by atoms with Crippen LogP contribution in [0.4, 0.5) is 5.69 Å². The van der Waals surface area contributed by atoms with E-state index < -0.39 is 15.9 Å². The number of carbonyl (C=O) groups is 1. The number of rotatable bonds is 7. The Kier molecular flexibility index (Phi) is 6.16. The summed E-state index contributed by atoms with van der Waals surface area (Å²) in [6.07, 6.45) is 2.41. The summed E-state index contributed by atoms with van der Waals surface area (Å²) in [5.74, 6) is -0.362. The molecule has 0 bridgehead atoms. The maximum atomic E-state index is 12.0. The maximum absolute atomic E-state index is 12.0. The van der Waals surface area contributed by atoms with Crippen molar-refractivity contribution in [1.82, 2.24) is 0 Å². The van der Waals surface area contributed by atoms with Crippen LogP contribution in [0.25, 0.3) is 0 Å². The van der Waals surface area contributed by atoms with Crippen molar-refractivity contribution in [2.24, 2.45) is 5.73 Å². The molecule has 0 saturated heterocycles. The highest BCUT2D eigenvalue weighted by Crippen LogP contribution is 2.22. The fraction of sp³-hybridized carbons (Fsp3) is 0.500. The monoisotopic (exact) mass is 298 g/mol. The summed E-state index contributed by atoms with van der Waals surface area (Å²) in [7, 11) is -3.37. The number of sulfone groups is 1. The third-order valence-corrected chi connectivity index (χ3v) is 4.85. The van der Waals surface area contributed by atoms with Crippen LogP contribution in [0.3, 0.4) is 0 Å². The van der Waals surface area contributed by atoms with Crippen LogP contribution < -0.4 is 11.1 Å². The Morgan fingerprint density at radius 3 is 2.55 bits per heavy atom. The second kappa shape index (κ2) is 7.40. The molecule has 6 heteroatoms. The van der Waals surface area contributed by atoms with E-state index in [9.17, 15) is 13.2 Å². The lowest BCUT2D eigenvalue weighted by molar-refractivity contribution is -0.117. The van der Waals surface area contributed by atoms with Crippen LogP contribution in [-0.2, 0) is 14.6 Å². The molecule has 0 aliphatic heterocycles. The van der Waals surface area contributed by atoms with Gasteiger partial charge in [0, 0.05) is 0 Å². The number of nitrogens with one attached hydrogen (secondary N) is 1. The molecule has 1 aromatic carbocycles. The summed E-state index contributed by atoms with van der Waals surface area (Å²) in [5, 5.41) is 2.62. The van der Waals surface area contributed by atoms with E-state index in [0.29, 0.717) is 12.1 Å². The summed E-state index contributed by atoms with van der Waals surface area (Å²) >= 11 is 0. The Bertz CT molecular complexity index is 555. The van der Waals surface area contributed by atoms with Gasteiger partial charge in [0.25, 0.3) is 0 Å². The van der Waals surface area contributed by atoms with Gasteiger partial charge in [-0.1, -0.05) is 38.8 Å². The van der Waals surface area contributed by atoms with Crippen LogP contribution in [0.1, 0.15) is 33.1 Å². The molecule has 0 radical (unpaired) electrons. The second-order valence-electron chi connectivity index (χ2n) is 4.64. The summed E-state index contributed by atoms with van der Waals surface area (Å²) in [6, 6.07) is 5.77. The standard InChI is InChI=1S/C14H22N2O3S/c1-3-5-8-11(15)14(17)16-12-9-6-7-10-13(12)20(18,19)4-2/h6-7,9-11H,3-5,8,15H2,1-2H3,(H,16,17). The van der Waals surface area contributed by atoms with E-state index in [1.807, 2.05) is 6.92 Å². The van der Waals surface area contributed by atoms with Crippen molar-refractivity contribution >= 4 is 21.4 Å². The van der Waals surface area contributed by atoms with Crippen molar-refractivity contribution in [3.05, 3.63) is 24.3 Å². The first-order valence-electron chi connectivity index (χ1n) is 6.80. The third-order valence-electron chi connectivity index (χ3n) is 3.07. The van der Waals surface area contributed by atoms with Crippen molar-refractivity contribution in [3.63, 3.8) is 0 Å². The summed E-state index contributed by atoms with van der Waals surface area (Å²) < 4.78 is 23.9. The van der Waals surface area contributed by atoms with Crippen molar-refractivity contribution in [1.29, 1.82) is 0 Å². The van der Waals surface area contributed by atoms with Gasteiger partial charge in [0.15, 0.2) is 9.84 Å². The molecule has 20 heavy (non-hydrogen) atoms. The van der Waals surface area contributed by atoms with Crippen LogP contribution >= 0.6 is 0 Å². The van der Waals surface area contributed by atoms with Crippen LogP contribution in [0, 0.1) is 0 Å². The predicted octanol–water partition coefficient (Wildman–Crippen LogP) is 1.94. The molecule has 0 heterocycles. The molecule has 0 spiro atoms. The second-order valence-corrected chi connectivity index (χ2v) is 6.88. The Morgan fingerprint density at radius 1 is 1.30 bits per heavy atom. The van der Waals surface area contributed by atoms with Gasteiger partial charge in [0.2, 0.25) is 5.91 Å². The topological polar surface area (TPSA) is 89.3 Å². The highest BCUT2D eigenvalue weighted by Gasteiger charge is 2.19. The van der Waals surface area contributed by atoms with E-state index >= 15 is 0 Å². The minimum atomic E-state index is -3.37. The average Bonchev–Trinajstić information content (AvgIpc) is 2.45. The molecule has 0 aromatic heterocycles. The van der Waals surface area contributed by atoms with Gasteiger partial charge < -0.3 is 11.1 Å². The van der Waals surface area contributed by atoms with Gasteiger partial charge in [-0.25, -0.2) is 8.42 Å². The Morgan fingerprint density at radius 2 is 1.95 bits per heavy atom. The molecule has 3 N–H and O–H groups in total. The van der Waals surface area contributed by atoms with Gasteiger partial charge >= 0.3 is 0 Å². The first kappa shape index (κ1) is 16.7. The number of nitrogens with two attached hydrogens (primary N) is 1. The zero-order chi connectivity index (χ0) is 15.2. The number of carbonyl (C=O) groups excluding carboxylic acids is 1. The molecule has 0 aliphatic carbocycles. The van der Waals surface area contributed by atoms with E-state index in [4.69, 9.17) is 5.73 Å². The molecule has 1 rings (SSSR count). The number of para-hydroxylation sites is 1. The van der Waals surface area contributed by atoms with Gasteiger partial charge in [0.1, 0.15) is 0 Å². The molecule has 1 aromatic rings. The first-order valence-corrected chi connectivity index (χ1v) is 8.45. The number of hydrogen-bond acceptors (Lipinski definition) is 4. The number of amides is 1. The van der Waals surface area contributed by atoms with Gasteiger partial charge in [-0.3, -0.25) is 4.79 Å². The van der Waals surface area contributed by atoms with E-state index in [0.717, 1.165) is 12.8 Å². The number of anilines is 1. The molecule has 1 atom stereocenters. The molecule has 1 amide bonds. The van der Waals surface area contributed by atoms with Crippen molar-refractivity contribution in [3.8, 4) is 0 Å². The predicted molar refractivity (Wildman–Crippen MR) is 80.3 cm³/mol. The van der Waals surface area contributed by atoms with E-state index in [-0.39, 0.29) is 16.6 Å². The largest absolute Gasteiger partial charge is 0.324 e. The van der Waals surface area contributed by atoms with Gasteiger partial charge in [0.05, 0.1) is 22.4 Å². The van der Waals surface area contributed by atoms with Gasteiger partial charge in [-0.2, -0.15) is 0 Å². The molecule has 112 valence electrons. The molecule has 0 aliphatic rings. The Hall–Kier alpha value is -1.40. The minimum absolute atomic E-state index is 0.0121. The molecular weight excluding hydrogens is 276 g/mol. The number of benzene rings is 1. The lowest BCUT2D eigenvalue weighted by Crippen LogP contribution is -2.35. The normalized spacial score (nSPS) is 12.9. The first-order chi connectivity index (χ1) is 9.42. The lowest BCUT2D eigenvalue weighted by Gasteiger charge is -2.14. The smallest absolute Gasteiger partial charge is 0.241 e. The lowest BCUT2D eigenvalue weighted by atomic mass is 10.1. The highest BCUT2D eigenvalue weighted by molar-refractivity contribution is 7.91. The maximum Gasteiger partial charge on any atom is 0.241 e. The van der Waals surface area contributed by atoms with E-state index in [1.54, 1.807) is 25.1 Å². The summed E-state index contributed by atoms with van der Waals surface area (Å²) in [4.78, 5) is 12.1. The number of hydrogen-bond donors (Lipinski definition) is 2. The molecule has 0 fully saturated rings. The summed E-state index contributed by atoms with van der Waals surface area (Å²) in [6.45, 7) is 3.59. The Balaban J connectivity index is 2.91. The minimum Gasteiger partial charge on any atom is -0.324 e. The third kappa shape index (κ3) is 4.31. The van der Waals surface area contributed by atoms with Crippen molar-refractivity contribution in [2.75, 3.05) is 11.1 Å². The van der Waals surface area contributed by atoms with Crippen LogP contribution in [0.2, 0.25) is 0 Å². The summed E-state index contributed by atoms with van der Waals surface area (Å²) in [5.41, 5.74) is 6.08. The number of unbranched alkanes of at least 4 members (excludes halogenated alkanes) is 1. The van der Waals surface area contributed by atoms with Crippen LogP contribution in [0.5, 0.6) is 0 Å². The quantitative estimate of drug-likeness (QED) is 0.805. The molecular formula is C14H22N2O3S. The molecule has 1 unspecified atom stereocenters. The zero-order valence-corrected chi connectivity index (χ0v) is 12.7. The highest BCUT2D eigenvalue weighted by atomic mass is 32.2. The molecule has 0 saturated carbocycles. The van der Waals surface area contributed by atoms with Gasteiger partial charge in [-0.15, -0.1) is 0 Å². The fourth-order valence-electron chi connectivity index (χ4n) is 1.78. The SMILES string of the molecule is CCCCC(N)C(=O)Nc1ccccc1S(=O)(=O)CC. The Labute approximate surface area is 120 Å². The van der Waals surface area contributed by atoms with E-state index in [1.165, 1.54) is 6.07 Å². The fourth-order valence-corrected chi connectivity index (χ4v) is 2.83. The van der Waals surface area contributed by atoms with Crippen molar-refractivity contribution < 1.29 is 13.2 Å². The average molecular weight is 298 g/mol. The zero-order valence-electron chi connectivity index (χ0n) is 11.9. The van der Waals surface area contributed by atoms with Crippen LogP contribution in [0.15, 0.2) is 29.2 Å². The van der Waals surface area contributed by atoms with Gasteiger partial charge in [-0.05, 0) is 18.6 Å². The van der Waals surface area contributed by atoms with Crippen LogP contribution in [-0.4, -0.2) is 26.1 Å².